The molecule has 2 aromatic heterocycles. The highest BCUT2D eigenvalue weighted by Crippen LogP contribution is 2.35. The van der Waals surface area contributed by atoms with Gasteiger partial charge >= 0.3 is 0 Å². The molecule has 1 aliphatic rings. The summed E-state index contributed by atoms with van der Waals surface area (Å²) < 4.78 is 1.90. The van der Waals surface area contributed by atoms with Crippen molar-refractivity contribution >= 4 is 29.9 Å². The van der Waals surface area contributed by atoms with Gasteiger partial charge in [0.05, 0.1) is 31.5 Å². The van der Waals surface area contributed by atoms with Gasteiger partial charge in [-0.05, 0) is 35.0 Å². The Morgan fingerprint density at radius 1 is 1.07 bits per heavy atom. The summed E-state index contributed by atoms with van der Waals surface area (Å²) in [7, 11) is 2.47. The number of fused-ring (bicyclic) bond motifs is 4. The molecule has 3 heterocycles. The zero-order valence-corrected chi connectivity index (χ0v) is 18.5. The maximum Gasteiger partial charge on any atom is 0.251 e. The summed E-state index contributed by atoms with van der Waals surface area (Å²) in [5.74, 6) is 0. The number of rotatable bonds is 5. The summed E-state index contributed by atoms with van der Waals surface area (Å²) in [6.07, 6.45) is 0. The molecule has 4 nitrogen and oxygen atoms in total. The smallest absolute Gasteiger partial charge is 0.251 e. The average Bonchev–Trinajstić information content (AvgIpc) is 3.08. The van der Waals surface area contributed by atoms with Crippen molar-refractivity contribution in [1.82, 2.24) is 9.55 Å². The molecule has 0 aliphatic carbocycles. The Labute approximate surface area is 167 Å². The van der Waals surface area contributed by atoms with Gasteiger partial charge in [0.2, 0.25) is 0 Å². The molecule has 4 rings (SSSR count). The minimum atomic E-state index is -1.70. The molecular weight excluding hydrogens is 362 g/mol. The molecule has 0 unspecified atom stereocenters. The van der Waals surface area contributed by atoms with E-state index in [1.165, 1.54) is 40.0 Å². The molecule has 0 fully saturated rings. The van der Waals surface area contributed by atoms with Crippen LogP contribution in [0.3, 0.4) is 0 Å². The van der Waals surface area contributed by atoms with Gasteiger partial charge in [-0.1, -0.05) is 45.0 Å². The Kier molecular flexibility index (Phi) is 4.66. The maximum atomic E-state index is 12.5. The second-order valence-electron chi connectivity index (χ2n) is 8.09. The highest BCUT2D eigenvalue weighted by atomic mass is 28.3. The molecule has 0 N–H and O–H groups in total. The predicted molar refractivity (Wildman–Crippen MR) is 122 cm³/mol. The zero-order valence-electron chi connectivity index (χ0n) is 17.5. The van der Waals surface area contributed by atoms with Crippen molar-refractivity contribution in [3.8, 4) is 11.4 Å². The first kappa shape index (κ1) is 18.9. The van der Waals surface area contributed by atoms with Crippen LogP contribution in [0.5, 0.6) is 0 Å². The van der Waals surface area contributed by atoms with E-state index in [9.17, 15) is 4.79 Å². The molecule has 146 valence electrons. The molecule has 0 atom stereocenters. The van der Waals surface area contributed by atoms with Crippen LogP contribution in [0, 0.1) is 0 Å². The molecular formula is C23H29N3OSi. The third-order valence-electron chi connectivity index (χ3n) is 6.75. The van der Waals surface area contributed by atoms with Crippen LogP contribution < -0.4 is 15.6 Å². The standard InChI is InChI=1S/C23H29N3OSi/c1-6-28(7-2,8-3)23-17-14-16(25(4)5)12-13-19(17)24-22-18(23)15-26-20(22)10-9-11-21(26)27/h9-14H,6-8,15H2,1-5H3. The lowest BCUT2D eigenvalue weighted by atomic mass is 10.1. The van der Waals surface area contributed by atoms with Crippen molar-refractivity contribution in [2.45, 2.75) is 45.4 Å². The van der Waals surface area contributed by atoms with Gasteiger partial charge in [-0.2, -0.15) is 0 Å². The van der Waals surface area contributed by atoms with Crippen molar-refractivity contribution in [2.75, 3.05) is 19.0 Å². The molecule has 0 saturated heterocycles. The molecule has 1 aliphatic heterocycles. The minimum absolute atomic E-state index is 0.0660. The van der Waals surface area contributed by atoms with Gasteiger partial charge in [0.25, 0.3) is 5.56 Å². The van der Waals surface area contributed by atoms with E-state index >= 15 is 0 Å². The Morgan fingerprint density at radius 2 is 1.79 bits per heavy atom. The molecule has 3 aromatic rings. The Bertz CT molecular complexity index is 1100. The predicted octanol–water partition coefficient (Wildman–Crippen LogP) is 4.21. The van der Waals surface area contributed by atoms with Gasteiger partial charge < -0.3 is 9.47 Å². The average molecular weight is 392 g/mol. The van der Waals surface area contributed by atoms with Crippen LogP contribution in [0.2, 0.25) is 18.1 Å². The lowest BCUT2D eigenvalue weighted by Crippen LogP contribution is -2.48. The Morgan fingerprint density at radius 3 is 2.43 bits per heavy atom. The van der Waals surface area contributed by atoms with E-state index in [0.717, 1.165) is 16.9 Å². The Balaban J connectivity index is 2.14. The first-order valence-corrected chi connectivity index (χ1v) is 12.9. The fourth-order valence-electron chi connectivity index (χ4n) is 4.87. The fourth-order valence-corrected chi connectivity index (χ4v) is 9.04. The SMILES string of the molecule is CC[Si](CC)(CC)c1c2c(nc3ccc(N(C)C)cc13)-c1cccc(=O)n1C2. The highest BCUT2D eigenvalue weighted by Gasteiger charge is 2.37. The summed E-state index contributed by atoms with van der Waals surface area (Å²) in [5.41, 5.74) is 5.60. The fraction of sp³-hybridized carbons (Fsp3) is 0.391. The van der Waals surface area contributed by atoms with Crippen molar-refractivity contribution < 1.29 is 0 Å². The monoisotopic (exact) mass is 391 g/mol. The molecule has 0 radical (unpaired) electrons. The van der Waals surface area contributed by atoms with Crippen LogP contribution in [0.1, 0.15) is 26.3 Å². The van der Waals surface area contributed by atoms with E-state index in [4.69, 9.17) is 4.98 Å². The largest absolute Gasteiger partial charge is 0.378 e. The first-order chi connectivity index (χ1) is 13.5. The van der Waals surface area contributed by atoms with Crippen molar-refractivity contribution in [3.63, 3.8) is 0 Å². The molecule has 0 spiro atoms. The quantitative estimate of drug-likeness (QED) is 0.478. The van der Waals surface area contributed by atoms with Crippen LogP contribution in [-0.4, -0.2) is 31.7 Å². The Hall–Kier alpha value is -2.40. The van der Waals surface area contributed by atoms with Crippen LogP contribution in [-0.2, 0) is 6.54 Å². The summed E-state index contributed by atoms with van der Waals surface area (Å²) in [6, 6.07) is 15.8. The normalized spacial score (nSPS) is 12.9. The molecule has 5 heteroatoms. The molecule has 0 amide bonds. The van der Waals surface area contributed by atoms with Gasteiger partial charge in [-0.15, -0.1) is 0 Å². The van der Waals surface area contributed by atoms with Gasteiger partial charge in [0.1, 0.15) is 0 Å². The summed E-state index contributed by atoms with van der Waals surface area (Å²) in [5, 5.41) is 2.83. The first-order valence-electron chi connectivity index (χ1n) is 10.3. The number of nitrogens with zero attached hydrogens (tertiary/aromatic N) is 3. The van der Waals surface area contributed by atoms with Crippen LogP contribution in [0.15, 0.2) is 41.2 Å². The number of anilines is 1. The van der Waals surface area contributed by atoms with E-state index in [2.05, 4.69) is 58.0 Å². The topological polar surface area (TPSA) is 38.1 Å². The minimum Gasteiger partial charge on any atom is -0.378 e. The molecule has 28 heavy (non-hydrogen) atoms. The summed E-state index contributed by atoms with van der Waals surface area (Å²) in [6.45, 7) is 7.70. The third kappa shape index (κ3) is 2.64. The molecule has 1 aromatic carbocycles. The third-order valence-corrected chi connectivity index (χ3v) is 12.4. The maximum absolute atomic E-state index is 12.5. The van der Waals surface area contributed by atoms with Crippen molar-refractivity contribution in [1.29, 1.82) is 0 Å². The summed E-state index contributed by atoms with van der Waals surface area (Å²) >= 11 is 0. The van der Waals surface area contributed by atoms with E-state index in [-0.39, 0.29) is 5.56 Å². The van der Waals surface area contributed by atoms with E-state index in [0.29, 0.717) is 6.54 Å². The van der Waals surface area contributed by atoms with E-state index in [1.807, 2.05) is 16.7 Å². The number of aromatic nitrogens is 2. The number of pyridine rings is 2. The van der Waals surface area contributed by atoms with E-state index < -0.39 is 8.07 Å². The van der Waals surface area contributed by atoms with E-state index in [1.54, 1.807) is 6.07 Å². The van der Waals surface area contributed by atoms with Crippen molar-refractivity contribution in [2.24, 2.45) is 0 Å². The highest BCUT2D eigenvalue weighted by molar-refractivity contribution is 6.93. The number of hydrogen-bond donors (Lipinski definition) is 0. The molecule has 0 saturated carbocycles. The van der Waals surface area contributed by atoms with Crippen LogP contribution in [0.25, 0.3) is 22.3 Å². The van der Waals surface area contributed by atoms with Crippen molar-refractivity contribution in [3.05, 3.63) is 52.3 Å². The summed E-state index contributed by atoms with van der Waals surface area (Å²) in [4.78, 5) is 19.7. The zero-order chi connectivity index (χ0) is 20.1. The molecule has 0 bridgehead atoms. The second kappa shape index (κ2) is 6.89. The van der Waals surface area contributed by atoms with Gasteiger partial charge in [0, 0.05) is 31.2 Å². The van der Waals surface area contributed by atoms with Gasteiger partial charge in [0.15, 0.2) is 0 Å². The lowest BCUT2D eigenvalue weighted by molar-refractivity contribution is 0.805. The van der Waals surface area contributed by atoms with Crippen LogP contribution in [0.4, 0.5) is 5.69 Å². The number of hydrogen-bond acceptors (Lipinski definition) is 3. The number of benzene rings is 1. The second-order valence-corrected chi connectivity index (χ2v) is 13.3. The van der Waals surface area contributed by atoms with Gasteiger partial charge in [-0.3, -0.25) is 4.79 Å². The lowest BCUT2D eigenvalue weighted by Gasteiger charge is -2.32. The van der Waals surface area contributed by atoms with Crippen LogP contribution >= 0.6 is 0 Å². The van der Waals surface area contributed by atoms with Gasteiger partial charge in [-0.25, -0.2) is 4.98 Å².